The minimum absolute atomic E-state index is 0.157. The van der Waals surface area contributed by atoms with Gasteiger partial charge in [-0.15, -0.1) is 11.3 Å². The van der Waals surface area contributed by atoms with Gasteiger partial charge in [0.2, 0.25) is 11.8 Å². The second-order valence-electron chi connectivity index (χ2n) is 3.65. The van der Waals surface area contributed by atoms with Gasteiger partial charge in [-0.05, 0) is 6.42 Å². The summed E-state index contributed by atoms with van der Waals surface area (Å²) in [6.07, 6.45) is 3.86. The largest absolute Gasteiger partial charge is 0.378 e. The number of anilines is 2. The van der Waals surface area contributed by atoms with Crippen LogP contribution < -0.4 is 11.1 Å². The monoisotopic (exact) mass is 280 g/mol. The number of hydrogen-bond acceptors (Lipinski definition) is 8. The predicted octanol–water partition coefficient (Wildman–Crippen LogP) is 1.60. The number of nitrogens with zero attached hydrogens (tertiary/aromatic N) is 4. The molecule has 9 heteroatoms. The Bertz CT molecular complexity index is 599. The highest BCUT2D eigenvalue weighted by molar-refractivity contribution is 7.11. The molecule has 2 rings (SSSR count). The fraction of sp³-hybridized carbons (Fsp3) is 0.300. The average Bonchev–Trinajstić information content (AvgIpc) is 2.84. The lowest BCUT2D eigenvalue weighted by Gasteiger charge is -2.02. The number of hydrogen-bond donors (Lipinski definition) is 2. The summed E-state index contributed by atoms with van der Waals surface area (Å²) in [4.78, 5) is 23.0. The van der Waals surface area contributed by atoms with E-state index in [2.05, 4.69) is 27.2 Å². The van der Waals surface area contributed by atoms with Gasteiger partial charge in [0, 0.05) is 11.1 Å². The van der Waals surface area contributed by atoms with Crippen LogP contribution in [0.15, 0.2) is 12.4 Å². The molecule has 0 aromatic carbocycles. The number of nitro groups is 1. The maximum atomic E-state index is 10.6. The highest BCUT2D eigenvalue weighted by atomic mass is 32.1. The van der Waals surface area contributed by atoms with Crippen molar-refractivity contribution in [2.24, 2.45) is 0 Å². The quantitative estimate of drug-likeness (QED) is 0.630. The third kappa shape index (κ3) is 3.13. The van der Waals surface area contributed by atoms with Crippen LogP contribution in [0.2, 0.25) is 0 Å². The van der Waals surface area contributed by atoms with E-state index >= 15 is 0 Å². The first-order valence-corrected chi connectivity index (χ1v) is 6.36. The Hall–Kier alpha value is -2.29. The van der Waals surface area contributed by atoms with E-state index in [0.717, 1.165) is 17.6 Å². The minimum Gasteiger partial charge on any atom is -0.378 e. The van der Waals surface area contributed by atoms with Gasteiger partial charge in [-0.3, -0.25) is 10.1 Å². The molecule has 3 N–H and O–H groups in total. The Balaban J connectivity index is 2.03. The van der Waals surface area contributed by atoms with Gasteiger partial charge in [0.05, 0.1) is 11.5 Å². The van der Waals surface area contributed by atoms with E-state index in [4.69, 9.17) is 5.73 Å². The standard InChI is InChI=1S/C10H12N6O2S/c1-2-6-3-12-8(19-6)5-14-10-13-4-7(16(17)18)9(11)15-10/h3-4H,2,5H2,1H3,(H3,11,13,14,15). The fourth-order valence-electron chi connectivity index (χ4n) is 1.36. The molecule has 0 radical (unpaired) electrons. The van der Waals surface area contributed by atoms with Crippen molar-refractivity contribution in [1.29, 1.82) is 0 Å². The van der Waals surface area contributed by atoms with Crippen molar-refractivity contribution in [3.05, 3.63) is 32.4 Å². The Labute approximate surface area is 112 Å². The fourth-order valence-corrected chi connectivity index (χ4v) is 2.16. The van der Waals surface area contributed by atoms with Crippen LogP contribution >= 0.6 is 11.3 Å². The molecular formula is C10H12N6O2S. The van der Waals surface area contributed by atoms with Gasteiger partial charge >= 0.3 is 5.69 Å². The van der Waals surface area contributed by atoms with E-state index < -0.39 is 4.92 Å². The van der Waals surface area contributed by atoms with Gasteiger partial charge in [-0.1, -0.05) is 6.92 Å². The Morgan fingerprint density at radius 1 is 1.47 bits per heavy atom. The molecule has 0 fully saturated rings. The molecule has 0 amide bonds. The molecular weight excluding hydrogens is 268 g/mol. The molecule has 0 unspecified atom stereocenters. The van der Waals surface area contributed by atoms with Gasteiger partial charge in [0.15, 0.2) is 0 Å². The molecule has 0 spiro atoms. The van der Waals surface area contributed by atoms with Crippen molar-refractivity contribution in [1.82, 2.24) is 15.0 Å². The molecule has 2 heterocycles. The van der Waals surface area contributed by atoms with Crippen molar-refractivity contribution < 1.29 is 4.92 Å². The highest BCUT2D eigenvalue weighted by Gasteiger charge is 2.14. The Morgan fingerprint density at radius 3 is 2.84 bits per heavy atom. The van der Waals surface area contributed by atoms with E-state index in [1.807, 2.05) is 6.20 Å². The van der Waals surface area contributed by atoms with Crippen LogP contribution in [0.3, 0.4) is 0 Å². The first kappa shape index (κ1) is 13.1. The molecule has 0 aliphatic rings. The summed E-state index contributed by atoms with van der Waals surface area (Å²) in [5.41, 5.74) is 5.17. The van der Waals surface area contributed by atoms with E-state index in [1.165, 1.54) is 4.88 Å². The first-order valence-electron chi connectivity index (χ1n) is 5.54. The zero-order valence-corrected chi connectivity index (χ0v) is 11.0. The molecule has 100 valence electrons. The summed E-state index contributed by atoms with van der Waals surface area (Å²) in [6, 6.07) is 0. The van der Waals surface area contributed by atoms with E-state index in [-0.39, 0.29) is 17.5 Å². The topological polar surface area (TPSA) is 120 Å². The van der Waals surface area contributed by atoms with Crippen molar-refractivity contribution >= 4 is 28.8 Å². The number of aryl methyl sites for hydroxylation is 1. The number of aromatic nitrogens is 3. The second kappa shape index (κ2) is 5.57. The van der Waals surface area contributed by atoms with Crippen LogP contribution in [0.25, 0.3) is 0 Å². The lowest BCUT2D eigenvalue weighted by Crippen LogP contribution is -2.06. The average molecular weight is 280 g/mol. The van der Waals surface area contributed by atoms with E-state index in [1.54, 1.807) is 11.3 Å². The van der Waals surface area contributed by atoms with Crippen LogP contribution in [-0.2, 0) is 13.0 Å². The van der Waals surface area contributed by atoms with E-state index in [0.29, 0.717) is 6.54 Å². The van der Waals surface area contributed by atoms with Crippen molar-refractivity contribution in [3.8, 4) is 0 Å². The lowest BCUT2D eigenvalue weighted by molar-refractivity contribution is -0.384. The Kier molecular flexibility index (Phi) is 3.85. The zero-order chi connectivity index (χ0) is 13.8. The van der Waals surface area contributed by atoms with Gasteiger partial charge < -0.3 is 11.1 Å². The highest BCUT2D eigenvalue weighted by Crippen LogP contribution is 2.19. The second-order valence-corrected chi connectivity index (χ2v) is 4.85. The lowest BCUT2D eigenvalue weighted by atomic mass is 10.4. The maximum absolute atomic E-state index is 10.6. The zero-order valence-electron chi connectivity index (χ0n) is 10.2. The molecule has 0 bridgehead atoms. The molecule has 0 saturated carbocycles. The summed E-state index contributed by atoms with van der Waals surface area (Å²) in [6.45, 7) is 2.52. The van der Waals surface area contributed by atoms with Crippen molar-refractivity contribution in [2.45, 2.75) is 19.9 Å². The summed E-state index contributed by atoms with van der Waals surface area (Å²) >= 11 is 1.60. The SMILES string of the molecule is CCc1cnc(CNc2ncc([N+](=O)[O-])c(N)n2)s1. The summed E-state index contributed by atoms with van der Waals surface area (Å²) in [5, 5.41) is 14.4. The molecule has 0 atom stereocenters. The third-order valence-electron chi connectivity index (χ3n) is 2.34. The molecule has 8 nitrogen and oxygen atoms in total. The Morgan fingerprint density at radius 2 is 2.26 bits per heavy atom. The van der Waals surface area contributed by atoms with Gasteiger partial charge in [0.25, 0.3) is 0 Å². The first-order chi connectivity index (χ1) is 9.10. The van der Waals surface area contributed by atoms with Crippen molar-refractivity contribution in [2.75, 3.05) is 11.1 Å². The number of nitrogens with one attached hydrogen (secondary N) is 1. The minimum atomic E-state index is -0.618. The van der Waals surface area contributed by atoms with E-state index in [9.17, 15) is 10.1 Å². The van der Waals surface area contributed by atoms with Crippen LogP contribution in [0.5, 0.6) is 0 Å². The number of thiazole rings is 1. The summed E-state index contributed by atoms with van der Waals surface area (Å²) in [7, 11) is 0. The number of nitrogen functional groups attached to an aromatic ring is 1. The summed E-state index contributed by atoms with van der Waals surface area (Å²) in [5.74, 6) is 0.0900. The van der Waals surface area contributed by atoms with Crippen molar-refractivity contribution in [3.63, 3.8) is 0 Å². The molecule has 0 aliphatic carbocycles. The molecule has 0 saturated heterocycles. The smallest absolute Gasteiger partial charge is 0.329 e. The van der Waals surface area contributed by atoms with Crippen LogP contribution in [0.4, 0.5) is 17.5 Å². The maximum Gasteiger partial charge on any atom is 0.329 e. The molecule has 2 aromatic heterocycles. The van der Waals surface area contributed by atoms with Gasteiger partial charge in [0.1, 0.15) is 11.2 Å². The van der Waals surface area contributed by atoms with Crippen LogP contribution in [0, 0.1) is 10.1 Å². The van der Waals surface area contributed by atoms with Crippen LogP contribution in [0.1, 0.15) is 16.8 Å². The predicted molar refractivity (Wildman–Crippen MR) is 71.9 cm³/mol. The van der Waals surface area contributed by atoms with Gasteiger partial charge in [-0.25, -0.2) is 9.97 Å². The normalized spacial score (nSPS) is 10.4. The number of nitrogens with two attached hydrogens (primary N) is 1. The molecule has 19 heavy (non-hydrogen) atoms. The molecule has 2 aromatic rings. The summed E-state index contributed by atoms with van der Waals surface area (Å²) < 4.78 is 0. The number of rotatable bonds is 5. The third-order valence-corrected chi connectivity index (χ3v) is 3.48. The van der Waals surface area contributed by atoms with Gasteiger partial charge in [-0.2, -0.15) is 4.98 Å². The molecule has 0 aliphatic heterocycles. The van der Waals surface area contributed by atoms with Crippen LogP contribution in [-0.4, -0.2) is 19.9 Å².